The third-order valence-electron chi connectivity index (χ3n) is 3.95. The maximum absolute atomic E-state index is 12.7. The van der Waals surface area contributed by atoms with Gasteiger partial charge in [0.05, 0.1) is 11.1 Å². The predicted molar refractivity (Wildman–Crippen MR) is 81.4 cm³/mol. The largest absolute Gasteiger partial charge is 0.385 e. The Kier molecular flexibility index (Phi) is 3.44. The molecule has 1 saturated heterocycles. The van der Waals surface area contributed by atoms with E-state index in [0.717, 1.165) is 4.90 Å². The lowest BCUT2D eigenvalue weighted by Crippen LogP contribution is -2.51. The molecule has 1 aromatic rings. The molecule has 1 aromatic carbocycles. The molecule has 1 unspecified atom stereocenters. The number of rotatable bonds is 3. The first-order valence-electron chi connectivity index (χ1n) is 7.28. The van der Waals surface area contributed by atoms with E-state index in [2.05, 4.69) is 17.2 Å². The summed E-state index contributed by atoms with van der Waals surface area (Å²) < 4.78 is 0. The van der Waals surface area contributed by atoms with Gasteiger partial charge in [-0.3, -0.25) is 19.3 Å². The number of amides is 3. The summed E-state index contributed by atoms with van der Waals surface area (Å²) in [7, 11) is 0. The van der Waals surface area contributed by atoms with Crippen LogP contribution < -0.4 is 10.6 Å². The molecular formula is C16H17N3O3. The highest BCUT2D eigenvalue weighted by atomic mass is 16.2. The lowest BCUT2D eigenvalue weighted by atomic mass is 10.0. The highest BCUT2D eigenvalue weighted by molar-refractivity contribution is 6.25. The maximum Gasteiger partial charge on any atom is 0.264 e. The van der Waals surface area contributed by atoms with Crippen LogP contribution in [0.1, 0.15) is 40.5 Å². The van der Waals surface area contributed by atoms with E-state index in [9.17, 15) is 14.4 Å². The third-order valence-corrected chi connectivity index (χ3v) is 3.95. The normalized spacial score (nSPS) is 21.0. The molecule has 3 rings (SSSR count). The molecule has 0 radical (unpaired) electrons. The van der Waals surface area contributed by atoms with Crippen molar-refractivity contribution in [1.29, 1.82) is 0 Å². The fourth-order valence-electron chi connectivity index (χ4n) is 2.93. The van der Waals surface area contributed by atoms with E-state index >= 15 is 0 Å². The summed E-state index contributed by atoms with van der Waals surface area (Å²) in [6.07, 6.45) is 0.969. The summed E-state index contributed by atoms with van der Waals surface area (Å²) in [5, 5.41) is 5.70. The van der Waals surface area contributed by atoms with Crippen LogP contribution in [0.2, 0.25) is 0 Å². The number of fused-ring (bicyclic) bond motifs is 1. The number of anilines is 1. The van der Waals surface area contributed by atoms with Crippen molar-refractivity contribution in [2.75, 3.05) is 11.9 Å². The Morgan fingerprint density at radius 1 is 1.32 bits per heavy atom. The molecule has 2 aliphatic rings. The summed E-state index contributed by atoms with van der Waals surface area (Å²) >= 11 is 0. The minimum Gasteiger partial charge on any atom is -0.385 e. The van der Waals surface area contributed by atoms with Crippen LogP contribution in [0, 0.1) is 0 Å². The fourth-order valence-corrected chi connectivity index (χ4v) is 2.93. The first kappa shape index (κ1) is 14.3. The Balaban J connectivity index is 1.98. The number of nitrogens with one attached hydrogen (secondary N) is 2. The van der Waals surface area contributed by atoms with Gasteiger partial charge in [0.15, 0.2) is 0 Å². The molecule has 0 saturated carbocycles. The third kappa shape index (κ3) is 2.07. The second-order valence-corrected chi connectivity index (χ2v) is 5.39. The Bertz CT molecular complexity index is 696. The molecule has 2 heterocycles. The Morgan fingerprint density at radius 2 is 2.09 bits per heavy atom. The van der Waals surface area contributed by atoms with Crippen LogP contribution in [0.4, 0.5) is 5.69 Å². The van der Waals surface area contributed by atoms with Gasteiger partial charge < -0.3 is 10.6 Å². The number of piperidine rings is 1. The predicted octanol–water partition coefficient (Wildman–Crippen LogP) is 1.51. The number of imide groups is 1. The van der Waals surface area contributed by atoms with Gasteiger partial charge in [-0.25, -0.2) is 0 Å². The zero-order valence-electron chi connectivity index (χ0n) is 12.3. The Labute approximate surface area is 128 Å². The van der Waals surface area contributed by atoms with E-state index in [1.165, 1.54) is 0 Å². The van der Waals surface area contributed by atoms with Crippen LogP contribution in [-0.2, 0) is 4.79 Å². The van der Waals surface area contributed by atoms with Gasteiger partial charge in [-0.1, -0.05) is 12.6 Å². The van der Waals surface area contributed by atoms with Crippen LogP contribution >= 0.6 is 0 Å². The van der Waals surface area contributed by atoms with E-state index in [0.29, 0.717) is 41.9 Å². The Morgan fingerprint density at radius 3 is 2.77 bits per heavy atom. The van der Waals surface area contributed by atoms with Crippen LogP contribution in [-0.4, -0.2) is 35.2 Å². The number of carbonyl (C=O) groups is 3. The number of allylic oxidation sites excluding steroid dienone is 1. The summed E-state index contributed by atoms with van der Waals surface area (Å²) in [5.74, 6) is -1.17. The summed E-state index contributed by atoms with van der Waals surface area (Å²) in [6, 6.07) is 4.34. The molecule has 0 aromatic heterocycles. The first-order chi connectivity index (χ1) is 10.5. The number of benzene rings is 1. The van der Waals surface area contributed by atoms with Crippen molar-refractivity contribution in [3.63, 3.8) is 0 Å². The molecule has 6 heteroatoms. The molecular weight excluding hydrogens is 282 g/mol. The standard InChI is InChI=1S/C16H17N3O3/c1-3-17-11-6-4-5-10-13(11)16(22)19(15(10)21)12-8-7-9(2)18-14(12)20/h4-6,12,17H,2-3,7-8H2,1H3,(H,18,20). The lowest BCUT2D eigenvalue weighted by Gasteiger charge is -2.29. The fraction of sp³-hybridized carbons (Fsp3) is 0.312. The van der Waals surface area contributed by atoms with Gasteiger partial charge in [0.2, 0.25) is 5.91 Å². The second kappa shape index (κ2) is 5.29. The molecule has 0 bridgehead atoms. The molecule has 3 amide bonds. The smallest absolute Gasteiger partial charge is 0.264 e. The molecule has 22 heavy (non-hydrogen) atoms. The van der Waals surface area contributed by atoms with Gasteiger partial charge in [0, 0.05) is 17.9 Å². The summed E-state index contributed by atoms with van der Waals surface area (Å²) in [5.41, 5.74) is 1.94. The van der Waals surface area contributed by atoms with Crippen LogP contribution in [0.15, 0.2) is 30.5 Å². The molecule has 1 atom stereocenters. The number of carbonyl (C=O) groups excluding carboxylic acids is 3. The average molecular weight is 299 g/mol. The van der Waals surface area contributed by atoms with Gasteiger partial charge in [0.25, 0.3) is 11.8 Å². The molecule has 0 aliphatic carbocycles. The maximum atomic E-state index is 12.7. The van der Waals surface area contributed by atoms with E-state index in [4.69, 9.17) is 0 Å². The average Bonchev–Trinajstić information content (AvgIpc) is 2.73. The Hall–Kier alpha value is -2.63. The van der Waals surface area contributed by atoms with Crippen molar-refractivity contribution < 1.29 is 14.4 Å². The first-order valence-corrected chi connectivity index (χ1v) is 7.28. The summed E-state index contributed by atoms with van der Waals surface area (Å²) in [6.45, 7) is 6.27. The van der Waals surface area contributed by atoms with E-state index < -0.39 is 17.9 Å². The second-order valence-electron chi connectivity index (χ2n) is 5.39. The van der Waals surface area contributed by atoms with Gasteiger partial charge in [-0.15, -0.1) is 0 Å². The van der Waals surface area contributed by atoms with Gasteiger partial charge in [-0.05, 0) is 31.9 Å². The number of hydrogen-bond donors (Lipinski definition) is 2. The van der Waals surface area contributed by atoms with Crippen molar-refractivity contribution in [2.45, 2.75) is 25.8 Å². The molecule has 114 valence electrons. The van der Waals surface area contributed by atoms with E-state index in [1.807, 2.05) is 6.92 Å². The van der Waals surface area contributed by atoms with Crippen molar-refractivity contribution in [3.05, 3.63) is 41.6 Å². The van der Waals surface area contributed by atoms with Crippen LogP contribution in [0.5, 0.6) is 0 Å². The number of hydrogen-bond acceptors (Lipinski definition) is 4. The van der Waals surface area contributed by atoms with Crippen molar-refractivity contribution in [3.8, 4) is 0 Å². The topological polar surface area (TPSA) is 78.5 Å². The van der Waals surface area contributed by atoms with Gasteiger partial charge in [0.1, 0.15) is 6.04 Å². The quantitative estimate of drug-likeness (QED) is 0.829. The highest BCUT2D eigenvalue weighted by Crippen LogP contribution is 2.32. The van der Waals surface area contributed by atoms with E-state index in [-0.39, 0.29) is 5.91 Å². The van der Waals surface area contributed by atoms with Crippen LogP contribution in [0.3, 0.4) is 0 Å². The summed E-state index contributed by atoms with van der Waals surface area (Å²) in [4.78, 5) is 38.4. The molecule has 1 fully saturated rings. The number of nitrogens with zero attached hydrogens (tertiary/aromatic N) is 1. The zero-order chi connectivity index (χ0) is 15.9. The van der Waals surface area contributed by atoms with Crippen molar-refractivity contribution in [1.82, 2.24) is 10.2 Å². The monoisotopic (exact) mass is 299 g/mol. The van der Waals surface area contributed by atoms with Gasteiger partial charge >= 0.3 is 0 Å². The lowest BCUT2D eigenvalue weighted by molar-refractivity contribution is -0.125. The molecule has 2 N–H and O–H groups in total. The van der Waals surface area contributed by atoms with Crippen molar-refractivity contribution in [2.24, 2.45) is 0 Å². The SMILES string of the molecule is C=C1CCC(N2C(=O)c3cccc(NCC)c3C2=O)C(=O)N1. The highest BCUT2D eigenvalue weighted by Gasteiger charge is 2.44. The molecule has 0 spiro atoms. The zero-order valence-corrected chi connectivity index (χ0v) is 12.3. The van der Waals surface area contributed by atoms with E-state index in [1.54, 1.807) is 18.2 Å². The van der Waals surface area contributed by atoms with Gasteiger partial charge in [-0.2, -0.15) is 0 Å². The molecule has 2 aliphatic heterocycles. The minimum absolute atomic E-state index is 0.348. The van der Waals surface area contributed by atoms with Crippen molar-refractivity contribution >= 4 is 23.4 Å². The van der Waals surface area contributed by atoms with Crippen LogP contribution in [0.25, 0.3) is 0 Å². The minimum atomic E-state index is -0.771. The molecule has 6 nitrogen and oxygen atoms in total.